The van der Waals surface area contributed by atoms with Gasteiger partial charge in [-0.15, -0.1) is 0 Å². The van der Waals surface area contributed by atoms with Crippen LogP contribution in [0.2, 0.25) is 0 Å². The minimum absolute atomic E-state index is 0.385. The Hall–Kier alpha value is -2.79. The summed E-state index contributed by atoms with van der Waals surface area (Å²) in [6.07, 6.45) is 1.52. The van der Waals surface area contributed by atoms with Crippen LogP contribution in [-0.2, 0) is 11.3 Å². The zero-order valence-electron chi connectivity index (χ0n) is 13.7. The molecule has 0 spiro atoms. The van der Waals surface area contributed by atoms with Crippen molar-refractivity contribution in [3.63, 3.8) is 0 Å². The lowest BCUT2D eigenvalue weighted by molar-refractivity contribution is 0.0600. The molecule has 0 aliphatic heterocycles. The summed E-state index contributed by atoms with van der Waals surface area (Å²) < 4.78 is 10.4. The zero-order valence-corrected chi connectivity index (χ0v) is 14.5. The van der Waals surface area contributed by atoms with Crippen molar-refractivity contribution in [3.8, 4) is 5.75 Å². The summed E-state index contributed by atoms with van der Waals surface area (Å²) in [7, 11) is 1.35. The summed E-state index contributed by atoms with van der Waals surface area (Å²) in [5, 5.41) is 0.811. The van der Waals surface area contributed by atoms with Gasteiger partial charge in [-0.25, -0.2) is 9.78 Å². The predicted octanol–water partition coefficient (Wildman–Crippen LogP) is 4.60. The molecule has 0 saturated carbocycles. The Labute approximate surface area is 150 Å². The molecule has 3 rings (SSSR count). The average Bonchev–Trinajstić information content (AvgIpc) is 2.68. The molecule has 3 aromatic rings. The molecule has 126 valence electrons. The quantitative estimate of drug-likeness (QED) is 0.608. The van der Waals surface area contributed by atoms with Crippen LogP contribution >= 0.6 is 11.8 Å². The van der Waals surface area contributed by atoms with E-state index in [9.17, 15) is 4.79 Å². The van der Waals surface area contributed by atoms with Crippen molar-refractivity contribution in [2.75, 3.05) is 7.11 Å². The fourth-order valence-electron chi connectivity index (χ4n) is 2.14. The van der Waals surface area contributed by atoms with Crippen LogP contribution < -0.4 is 4.74 Å². The highest BCUT2D eigenvalue weighted by molar-refractivity contribution is 7.99. The van der Waals surface area contributed by atoms with Crippen LogP contribution in [0.5, 0.6) is 5.75 Å². The summed E-state index contributed by atoms with van der Waals surface area (Å²) in [6, 6.07) is 21.4. The summed E-state index contributed by atoms with van der Waals surface area (Å²) in [6.45, 7) is 0.546. The zero-order chi connectivity index (χ0) is 17.5. The van der Waals surface area contributed by atoms with Crippen molar-refractivity contribution in [2.45, 2.75) is 16.5 Å². The Morgan fingerprint density at radius 1 is 1.00 bits per heavy atom. The van der Waals surface area contributed by atoms with E-state index >= 15 is 0 Å². The van der Waals surface area contributed by atoms with E-state index in [4.69, 9.17) is 4.74 Å². The Morgan fingerprint density at radius 2 is 1.76 bits per heavy atom. The van der Waals surface area contributed by atoms with E-state index in [1.807, 2.05) is 54.6 Å². The van der Waals surface area contributed by atoms with Gasteiger partial charge in [-0.1, -0.05) is 42.1 Å². The Balaban J connectivity index is 1.58. The third kappa shape index (κ3) is 4.84. The molecule has 0 atom stereocenters. The van der Waals surface area contributed by atoms with Crippen LogP contribution in [0.3, 0.4) is 0 Å². The molecule has 1 aromatic heterocycles. The number of methoxy groups -OCH3 is 1. The van der Waals surface area contributed by atoms with Crippen molar-refractivity contribution in [3.05, 3.63) is 84.1 Å². The maximum absolute atomic E-state index is 11.4. The highest BCUT2D eigenvalue weighted by Gasteiger charge is 2.06. The predicted molar refractivity (Wildman–Crippen MR) is 96.9 cm³/mol. The summed E-state index contributed by atoms with van der Waals surface area (Å²) in [5.74, 6) is 0.436. The highest BCUT2D eigenvalue weighted by Crippen LogP contribution is 2.27. The van der Waals surface area contributed by atoms with Gasteiger partial charge in [0.1, 0.15) is 17.4 Å². The molecule has 2 aromatic carbocycles. The highest BCUT2D eigenvalue weighted by atomic mass is 32.2. The van der Waals surface area contributed by atoms with Gasteiger partial charge in [0.25, 0.3) is 0 Å². The number of benzene rings is 2. The second-order valence-corrected chi connectivity index (χ2v) is 6.32. The van der Waals surface area contributed by atoms with Gasteiger partial charge in [-0.05, 0) is 42.0 Å². The maximum Gasteiger partial charge on any atom is 0.339 e. The van der Waals surface area contributed by atoms with Gasteiger partial charge in [0, 0.05) is 11.1 Å². The van der Waals surface area contributed by atoms with E-state index in [0.29, 0.717) is 12.2 Å². The van der Waals surface area contributed by atoms with Gasteiger partial charge in [0.05, 0.1) is 12.7 Å². The van der Waals surface area contributed by atoms with Crippen LogP contribution in [0, 0.1) is 0 Å². The number of carbonyl (C=O) groups is 1. The molecule has 5 heteroatoms. The van der Waals surface area contributed by atoms with Crippen molar-refractivity contribution in [1.82, 2.24) is 4.98 Å². The third-order valence-electron chi connectivity index (χ3n) is 3.45. The first-order chi connectivity index (χ1) is 12.2. The van der Waals surface area contributed by atoms with Gasteiger partial charge in [0.15, 0.2) is 0 Å². The SMILES string of the molecule is COC(=O)c1ccc(Sc2ccc(OCc3ccccc3)cc2)nc1. The first kappa shape index (κ1) is 17.0. The number of esters is 1. The van der Waals surface area contributed by atoms with E-state index in [0.717, 1.165) is 21.2 Å². The Morgan fingerprint density at radius 3 is 2.40 bits per heavy atom. The maximum atomic E-state index is 11.4. The molecule has 0 bridgehead atoms. The lowest BCUT2D eigenvalue weighted by atomic mass is 10.2. The molecule has 0 fully saturated rings. The van der Waals surface area contributed by atoms with Crippen LogP contribution in [0.4, 0.5) is 0 Å². The van der Waals surface area contributed by atoms with Gasteiger partial charge in [0.2, 0.25) is 0 Å². The molecule has 0 saturated heterocycles. The number of rotatable bonds is 6. The topological polar surface area (TPSA) is 48.4 Å². The fourth-order valence-corrected chi connectivity index (χ4v) is 2.90. The molecule has 0 amide bonds. The van der Waals surface area contributed by atoms with Crippen molar-refractivity contribution >= 4 is 17.7 Å². The van der Waals surface area contributed by atoms with Crippen molar-refractivity contribution in [2.24, 2.45) is 0 Å². The fraction of sp³-hybridized carbons (Fsp3) is 0.100. The monoisotopic (exact) mass is 351 g/mol. The summed E-state index contributed by atoms with van der Waals surface area (Å²) >= 11 is 1.52. The van der Waals surface area contributed by atoms with E-state index in [-0.39, 0.29) is 5.97 Å². The largest absolute Gasteiger partial charge is 0.489 e. The molecule has 4 nitrogen and oxygen atoms in total. The number of nitrogens with zero attached hydrogens (tertiary/aromatic N) is 1. The van der Waals surface area contributed by atoms with E-state index in [1.54, 1.807) is 12.1 Å². The van der Waals surface area contributed by atoms with Gasteiger partial charge in [-0.3, -0.25) is 0 Å². The molecule has 0 aliphatic rings. The minimum Gasteiger partial charge on any atom is -0.489 e. The Bertz CT molecular complexity index is 818. The molecule has 0 radical (unpaired) electrons. The standard InChI is InChI=1S/C20H17NO3S/c1-23-20(22)16-7-12-19(21-13-16)25-18-10-8-17(9-11-18)24-14-15-5-3-2-4-6-15/h2-13H,14H2,1H3. The number of pyridine rings is 1. The van der Waals surface area contributed by atoms with E-state index in [1.165, 1.54) is 25.1 Å². The first-order valence-corrected chi connectivity index (χ1v) is 8.55. The first-order valence-electron chi connectivity index (χ1n) is 7.73. The van der Waals surface area contributed by atoms with Crippen LogP contribution in [0.25, 0.3) is 0 Å². The molecule has 25 heavy (non-hydrogen) atoms. The van der Waals surface area contributed by atoms with Crippen LogP contribution in [0.1, 0.15) is 15.9 Å². The van der Waals surface area contributed by atoms with Crippen LogP contribution in [-0.4, -0.2) is 18.1 Å². The van der Waals surface area contributed by atoms with Crippen LogP contribution in [0.15, 0.2) is 82.8 Å². The third-order valence-corrected chi connectivity index (χ3v) is 4.41. The van der Waals surface area contributed by atoms with E-state index in [2.05, 4.69) is 9.72 Å². The normalized spacial score (nSPS) is 10.3. The summed E-state index contributed by atoms with van der Waals surface area (Å²) in [4.78, 5) is 16.7. The van der Waals surface area contributed by atoms with Crippen molar-refractivity contribution < 1.29 is 14.3 Å². The number of carbonyl (C=O) groups excluding carboxylic acids is 1. The molecule has 0 unspecified atom stereocenters. The molecule has 0 aliphatic carbocycles. The average molecular weight is 351 g/mol. The Kier molecular flexibility index (Phi) is 5.69. The lowest BCUT2D eigenvalue weighted by Gasteiger charge is -2.07. The minimum atomic E-state index is -0.385. The number of ether oxygens (including phenoxy) is 2. The van der Waals surface area contributed by atoms with Gasteiger partial charge < -0.3 is 9.47 Å². The number of hydrogen-bond donors (Lipinski definition) is 0. The smallest absolute Gasteiger partial charge is 0.339 e. The van der Waals surface area contributed by atoms with Gasteiger partial charge >= 0.3 is 5.97 Å². The van der Waals surface area contributed by atoms with E-state index < -0.39 is 0 Å². The number of aromatic nitrogens is 1. The second-order valence-electron chi connectivity index (χ2n) is 5.22. The van der Waals surface area contributed by atoms with Gasteiger partial charge in [-0.2, -0.15) is 0 Å². The second kappa shape index (κ2) is 8.35. The summed E-state index contributed by atoms with van der Waals surface area (Å²) in [5.41, 5.74) is 1.58. The molecular weight excluding hydrogens is 334 g/mol. The molecule has 0 N–H and O–H groups in total. The molecular formula is C20H17NO3S. The molecule has 1 heterocycles. The lowest BCUT2D eigenvalue weighted by Crippen LogP contribution is -2.01. The number of hydrogen-bond acceptors (Lipinski definition) is 5. The van der Waals surface area contributed by atoms with Crippen molar-refractivity contribution in [1.29, 1.82) is 0 Å².